The van der Waals surface area contributed by atoms with Gasteiger partial charge in [0, 0.05) is 18.0 Å². The van der Waals surface area contributed by atoms with E-state index in [0.29, 0.717) is 24.0 Å². The molecular formula is C17H19N5O3S. The van der Waals surface area contributed by atoms with E-state index in [-0.39, 0.29) is 11.4 Å². The van der Waals surface area contributed by atoms with E-state index in [4.69, 9.17) is 4.74 Å². The lowest BCUT2D eigenvalue weighted by Crippen LogP contribution is -2.24. The molecule has 0 amide bonds. The van der Waals surface area contributed by atoms with Gasteiger partial charge in [0.25, 0.3) is 0 Å². The molecule has 0 atom stereocenters. The summed E-state index contributed by atoms with van der Waals surface area (Å²) in [5.41, 5.74) is 1.56. The molecular weight excluding hydrogens is 354 g/mol. The lowest BCUT2D eigenvalue weighted by Gasteiger charge is -2.10. The number of aryl methyl sites for hydroxylation is 1. The third-order valence-corrected chi connectivity index (χ3v) is 5.06. The summed E-state index contributed by atoms with van der Waals surface area (Å²) in [7, 11) is -3.67. The molecule has 2 N–H and O–H groups in total. The first-order valence-corrected chi connectivity index (χ1v) is 9.52. The van der Waals surface area contributed by atoms with Crippen LogP contribution in [0.2, 0.25) is 0 Å². The summed E-state index contributed by atoms with van der Waals surface area (Å²) in [5.74, 6) is 1.57. The Balaban J connectivity index is 1.71. The zero-order valence-electron chi connectivity index (χ0n) is 14.4. The predicted molar refractivity (Wildman–Crippen MR) is 96.0 cm³/mol. The lowest BCUT2D eigenvalue weighted by molar-refractivity contribution is 0.337. The van der Waals surface area contributed by atoms with Crippen LogP contribution < -0.4 is 9.46 Å². The fourth-order valence-electron chi connectivity index (χ4n) is 2.36. The minimum absolute atomic E-state index is 0.00662. The van der Waals surface area contributed by atoms with Crippen molar-refractivity contribution in [1.29, 1.82) is 0 Å². The Morgan fingerprint density at radius 1 is 1.19 bits per heavy atom. The largest absolute Gasteiger partial charge is 0.494 e. The molecule has 0 bridgehead atoms. The number of ether oxygens (including phenoxy) is 1. The number of aromatic nitrogens is 4. The summed E-state index contributed by atoms with van der Waals surface area (Å²) in [5, 5.41) is 6.83. The van der Waals surface area contributed by atoms with Gasteiger partial charge in [-0.3, -0.25) is 10.1 Å². The van der Waals surface area contributed by atoms with Gasteiger partial charge < -0.3 is 4.74 Å². The van der Waals surface area contributed by atoms with Crippen molar-refractivity contribution in [2.24, 2.45) is 0 Å². The summed E-state index contributed by atoms with van der Waals surface area (Å²) in [6, 6.07) is 8.31. The smallest absolute Gasteiger partial charge is 0.240 e. The predicted octanol–water partition coefficient (Wildman–Crippen LogP) is 2.05. The van der Waals surface area contributed by atoms with Gasteiger partial charge in [-0.15, -0.1) is 0 Å². The van der Waals surface area contributed by atoms with Crippen LogP contribution in [0.15, 0.2) is 47.6 Å². The molecule has 9 heteroatoms. The Bertz CT molecular complexity index is 987. The van der Waals surface area contributed by atoms with Gasteiger partial charge in [0.1, 0.15) is 11.6 Å². The lowest BCUT2D eigenvalue weighted by atomic mass is 10.2. The monoisotopic (exact) mass is 373 g/mol. The van der Waals surface area contributed by atoms with Gasteiger partial charge in [0.2, 0.25) is 10.0 Å². The summed E-state index contributed by atoms with van der Waals surface area (Å²) < 4.78 is 32.9. The molecule has 3 rings (SSSR count). The summed E-state index contributed by atoms with van der Waals surface area (Å²) >= 11 is 0. The highest BCUT2D eigenvalue weighted by molar-refractivity contribution is 7.89. The van der Waals surface area contributed by atoms with Gasteiger partial charge in [-0.05, 0) is 49.7 Å². The van der Waals surface area contributed by atoms with Gasteiger partial charge >= 0.3 is 0 Å². The van der Waals surface area contributed by atoms with Crippen LogP contribution >= 0.6 is 0 Å². The first kappa shape index (κ1) is 18.0. The molecule has 0 fully saturated rings. The van der Waals surface area contributed by atoms with Crippen LogP contribution in [-0.4, -0.2) is 35.2 Å². The maximum Gasteiger partial charge on any atom is 0.240 e. The SMILES string of the molecule is CCOc1ccc(S(=O)(=O)NCc2nc(-c3ccncc3)n[nH]2)cc1C. The summed E-state index contributed by atoms with van der Waals surface area (Å²) in [6.07, 6.45) is 3.28. The van der Waals surface area contributed by atoms with E-state index in [9.17, 15) is 8.42 Å². The van der Waals surface area contributed by atoms with E-state index in [2.05, 4.69) is 24.9 Å². The molecule has 26 heavy (non-hydrogen) atoms. The maximum absolute atomic E-state index is 12.5. The molecule has 0 saturated heterocycles. The number of sulfonamides is 1. The Morgan fingerprint density at radius 2 is 1.96 bits per heavy atom. The van der Waals surface area contributed by atoms with Crippen molar-refractivity contribution in [1.82, 2.24) is 24.9 Å². The van der Waals surface area contributed by atoms with E-state index in [0.717, 1.165) is 11.1 Å². The van der Waals surface area contributed by atoms with Crippen LogP contribution in [0.3, 0.4) is 0 Å². The van der Waals surface area contributed by atoms with E-state index in [1.807, 2.05) is 13.8 Å². The number of nitrogens with one attached hydrogen (secondary N) is 2. The third kappa shape index (κ3) is 4.06. The number of hydrogen-bond donors (Lipinski definition) is 2. The number of nitrogens with zero attached hydrogens (tertiary/aromatic N) is 3. The van der Waals surface area contributed by atoms with Crippen molar-refractivity contribution in [3.63, 3.8) is 0 Å². The average Bonchev–Trinajstić information content (AvgIpc) is 3.12. The average molecular weight is 373 g/mol. The summed E-state index contributed by atoms with van der Waals surface area (Å²) in [6.45, 7) is 4.22. The number of aromatic amines is 1. The molecule has 0 aliphatic carbocycles. The standard InChI is InChI=1S/C17H19N5O3S/c1-3-25-15-5-4-14(10-12(15)2)26(23,24)19-11-16-20-17(22-21-16)13-6-8-18-9-7-13/h4-10,19H,3,11H2,1-2H3,(H,20,21,22). The van der Waals surface area contributed by atoms with Crippen molar-refractivity contribution in [3.8, 4) is 17.1 Å². The zero-order valence-corrected chi connectivity index (χ0v) is 15.2. The second-order valence-electron chi connectivity index (χ2n) is 5.53. The topological polar surface area (TPSA) is 110 Å². The highest BCUT2D eigenvalue weighted by Gasteiger charge is 2.16. The number of H-pyrrole nitrogens is 1. The van der Waals surface area contributed by atoms with Crippen LogP contribution in [0.25, 0.3) is 11.4 Å². The molecule has 8 nitrogen and oxygen atoms in total. The van der Waals surface area contributed by atoms with E-state index < -0.39 is 10.0 Å². The fraction of sp³-hybridized carbons (Fsp3) is 0.235. The molecule has 3 aromatic rings. The van der Waals surface area contributed by atoms with Crippen molar-refractivity contribution < 1.29 is 13.2 Å². The number of hydrogen-bond acceptors (Lipinski definition) is 6. The van der Waals surface area contributed by atoms with Crippen molar-refractivity contribution in [3.05, 3.63) is 54.1 Å². The third-order valence-electron chi connectivity index (χ3n) is 3.66. The molecule has 0 spiro atoms. The molecule has 0 aliphatic heterocycles. The van der Waals surface area contributed by atoms with E-state index >= 15 is 0 Å². The Kier molecular flexibility index (Phi) is 5.29. The Hall–Kier alpha value is -2.78. The van der Waals surface area contributed by atoms with Crippen molar-refractivity contribution in [2.75, 3.05) is 6.61 Å². The molecule has 0 unspecified atom stereocenters. The first-order valence-electron chi connectivity index (χ1n) is 8.04. The second-order valence-corrected chi connectivity index (χ2v) is 7.29. The van der Waals surface area contributed by atoms with Gasteiger partial charge in [-0.2, -0.15) is 5.10 Å². The minimum atomic E-state index is -3.67. The van der Waals surface area contributed by atoms with Crippen LogP contribution in [-0.2, 0) is 16.6 Å². The highest BCUT2D eigenvalue weighted by atomic mass is 32.2. The fourth-order valence-corrected chi connectivity index (χ4v) is 3.43. The van der Waals surface area contributed by atoms with Crippen molar-refractivity contribution in [2.45, 2.75) is 25.3 Å². The van der Waals surface area contributed by atoms with Gasteiger partial charge in [0.15, 0.2) is 5.82 Å². The first-order chi connectivity index (χ1) is 12.5. The second kappa shape index (κ2) is 7.63. The van der Waals surface area contributed by atoms with Crippen LogP contribution in [0.1, 0.15) is 18.3 Å². The van der Waals surface area contributed by atoms with Crippen LogP contribution in [0.4, 0.5) is 0 Å². The van der Waals surface area contributed by atoms with E-state index in [1.165, 1.54) is 6.07 Å². The van der Waals surface area contributed by atoms with Crippen molar-refractivity contribution >= 4 is 10.0 Å². The minimum Gasteiger partial charge on any atom is -0.494 e. The molecule has 0 saturated carbocycles. The zero-order chi connectivity index (χ0) is 18.6. The molecule has 0 aliphatic rings. The number of rotatable bonds is 7. The highest BCUT2D eigenvalue weighted by Crippen LogP contribution is 2.22. The molecule has 136 valence electrons. The maximum atomic E-state index is 12.5. The number of benzene rings is 1. The van der Waals surface area contributed by atoms with Gasteiger partial charge in [0.05, 0.1) is 18.0 Å². The van der Waals surface area contributed by atoms with Crippen LogP contribution in [0, 0.1) is 6.92 Å². The molecule has 0 radical (unpaired) electrons. The molecule has 2 heterocycles. The Morgan fingerprint density at radius 3 is 2.65 bits per heavy atom. The quantitative estimate of drug-likeness (QED) is 0.656. The normalized spacial score (nSPS) is 11.5. The summed E-state index contributed by atoms with van der Waals surface area (Å²) in [4.78, 5) is 8.40. The van der Waals surface area contributed by atoms with Crippen LogP contribution in [0.5, 0.6) is 5.75 Å². The molecule has 1 aromatic carbocycles. The molecule has 2 aromatic heterocycles. The van der Waals surface area contributed by atoms with E-state index in [1.54, 1.807) is 36.7 Å². The van der Waals surface area contributed by atoms with Gasteiger partial charge in [-0.25, -0.2) is 18.1 Å². The number of pyridine rings is 1. The van der Waals surface area contributed by atoms with Gasteiger partial charge in [-0.1, -0.05) is 0 Å². The Labute approximate surface area is 151 Å².